The molecule has 1 aliphatic carbocycles. The van der Waals surface area contributed by atoms with Gasteiger partial charge in [0.15, 0.2) is 0 Å². The topological polar surface area (TPSA) is 86.8 Å². The van der Waals surface area contributed by atoms with E-state index in [-0.39, 0.29) is 34.1 Å². The van der Waals surface area contributed by atoms with Gasteiger partial charge in [-0.3, -0.25) is 13.9 Å². The summed E-state index contributed by atoms with van der Waals surface area (Å²) in [7, 11) is -4.22. The molecule has 2 amide bonds. The Bertz CT molecular complexity index is 1460. The van der Waals surface area contributed by atoms with Crippen molar-refractivity contribution in [3.63, 3.8) is 0 Å². The van der Waals surface area contributed by atoms with Gasteiger partial charge in [-0.05, 0) is 67.8 Å². The zero-order chi connectivity index (χ0) is 29.6. The van der Waals surface area contributed by atoms with Gasteiger partial charge in [0.05, 0.1) is 15.6 Å². The average Bonchev–Trinajstić information content (AvgIpc) is 2.96. The first-order chi connectivity index (χ1) is 19.6. The van der Waals surface area contributed by atoms with Crippen LogP contribution in [0.1, 0.15) is 44.6 Å². The van der Waals surface area contributed by atoms with Crippen LogP contribution in [0.3, 0.4) is 0 Å². The summed E-state index contributed by atoms with van der Waals surface area (Å²) in [5, 5.41) is 4.00. The zero-order valence-corrected chi connectivity index (χ0v) is 25.7. The first kappa shape index (κ1) is 31.2. The molecule has 0 heterocycles. The van der Waals surface area contributed by atoms with Gasteiger partial charge in [0.1, 0.15) is 12.6 Å². The fourth-order valence-electron chi connectivity index (χ4n) is 4.85. The number of anilines is 1. The Morgan fingerprint density at radius 1 is 0.902 bits per heavy atom. The van der Waals surface area contributed by atoms with Crippen molar-refractivity contribution in [2.75, 3.05) is 10.8 Å². The van der Waals surface area contributed by atoms with Gasteiger partial charge < -0.3 is 10.2 Å². The minimum Gasteiger partial charge on any atom is -0.352 e. The minimum absolute atomic E-state index is 0.00819. The van der Waals surface area contributed by atoms with Gasteiger partial charge in [-0.25, -0.2) is 8.42 Å². The SMILES string of the molecule is C[C@H](C(=O)NC1CCCCC1)N(Cc1ccc(Cl)cc1)C(=O)CN(c1ccc(Cl)cc1Cl)S(=O)(=O)c1ccccc1. The monoisotopic (exact) mass is 635 g/mol. The highest BCUT2D eigenvalue weighted by atomic mass is 35.5. The third kappa shape index (κ3) is 7.95. The van der Waals surface area contributed by atoms with Crippen molar-refractivity contribution >= 4 is 62.3 Å². The normalized spacial score (nSPS) is 14.7. The van der Waals surface area contributed by atoms with E-state index in [0.717, 1.165) is 42.0 Å². The summed E-state index contributed by atoms with van der Waals surface area (Å²) < 4.78 is 28.7. The van der Waals surface area contributed by atoms with E-state index in [2.05, 4.69) is 5.32 Å². The van der Waals surface area contributed by atoms with Crippen molar-refractivity contribution in [3.8, 4) is 0 Å². The molecule has 1 N–H and O–H groups in total. The highest BCUT2D eigenvalue weighted by Gasteiger charge is 2.34. The largest absolute Gasteiger partial charge is 0.352 e. The molecule has 0 bridgehead atoms. The van der Waals surface area contributed by atoms with E-state index in [4.69, 9.17) is 34.8 Å². The molecule has 0 radical (unpaired) electrons. The van der Waals surface area contributed by atoms with Crippen molar-refractivity contribution in [2.24, 2.45) is 0 Å². The molecule has 0 aromatic heterocycles. The second kappa shape index (κ2) is 13.9. The Morgan fingerprint density at radius 3 is 2.17 bits per heavy atom. The maximum atomic E-state index is 14.0. The van der Waals surface area contributed by atoms with Crippen LogP contribution < -0.4 is 9.62 Å². The van der Waals surface area contributed by atoms with E-state index in [1.807, 2.05) is 0 Å². The second-order valence-corrected chi connectivity index (χ2v) is 13.2. The van der Waals surface area contributed by atoms with E-state index in [0.29, 0.717) is 10.0 Å². The van der Waals surface area contributed by atoms with Crippen LogP contribution in [0, 0.1) is 0 Å². The molecule has 1 aliphatic rings. The van der Waals surface area contributed by atoms with E-state index in [1.165, 1.54) is 35.2 Å². The van der Waals surface area contributed by atoms with Crippen molar-refractivity contribution in [3.05, 3.63) is 93.4 Å². The van der Waals surface area contributed by atoms with Crippen LogP contribution in [0.2, 0.25) is 15.1 Å². The summed E-state index contributed by atoms with van der Waals surface area (Å²) in [5.41, 5.74) is 0.834. The fourth-order valence-corrected chi connectivity index (χ4v) is 7.00. The number of nitrogens with zero attached hydrogens (tertiary/aromatic N) is 2. The Hall–Kier alpha value is -2.78. The Kier molecular flexibility index (Phi) is 10.6. The molecule has 3 aromatic carbocycles. The van der Waals surface area contributed by atoms with Crippen LogP contribution in [-0.4, -0.2) is 43.8 Å². The Balaban J connectivity index is 1.69. The van der Waals surface area contributed by atoms with Crippen LogP contribution in [0.25, 0.3) is 0 Å². The standard InChI is InChI=1S/C30H32Cl3N3O4S/c1-21(30(38)34-25-8-4-2-5-9-25)35(19-22-12-14-23(31)15-13-22)29(37)20-36(28-17-16-24(32)18-27(28)33)41(39,40)26-10-6-3-7-11-26/h3,6-7,10-18,21,25H,2,4-5,8-9,19-20H2,1H3,(H,34,38)/t21-/m1/s1. The summed E-state index contributed by atoms with van der Waals surface area (Å²) >= 11 is 18.6. The van der Waals surface area contributed by atoms with Gasteiger partial charge in [0, 0.05) is 22.6 Å². The van der Waals surface area contributed by atoms with Crippen LogP contribution in [0.5, 0.6) is 0 Å². The molecule has 0 spiro atoms. The van der Waals surface area contributed by atoms with Gasteiger partial charge in [0.2, 0.25) is 11.8 Å². The molecule has 1 saturated carbocycles. The average molecular weight is 637 g/mol. The zero-order valence-electron chi connectivity index (χ0n) is 22.6. The molecular formula is C30H32Cl3N3O4S. The molecule has 41 heavy (non-hydrogen) atoms. The predicted octanol–water partition coefficient (Wildman–Crippen LogP) is 6.71. The van der Waals surface area contributed by atoms with E-state index in [9.17, 15) is 18.0 Å². The van der Waals surface area contributed by atoms with E-state index in [1.54, 1.807) is 49.4 Å². The number of hydrogen-bond acceptors (Lipinski definition) is 4. The maximum Gasteiger partial charge on any atom is 0.264 e. The number of hydrogen-bond donors (Lipinski definition) is 1. The lowest BCUT2D eigenvalue weighted by Gasteiger charge is -2.33. The summed E-state index contributed by atoms with van der Waals surface area (Å²) in [6.07, 6.45) is 5.01. The van der Waals surface area contributed by atoms with Crippen molar-refractivity contribution < 1.29 is 18.0 Å². The third-order valence-electron chi connectivity index (χ3n) is 7.17. The maximum absolute atomic E-state index is 14.0. The highest BCUT2D eigenvalue weighted by Crippen LogP contribution is 2.33. The van der Waals surface area contributed by atoms with E-state index >= 15 is 0 Å². The van der Waals surface area contributed by atoms with Gasteiger partial charge in [-0.1, -0.05) is 84.4 Å². The second-order valence-electron chi connectivity index (χ2n) is 10.1. The molecule has 1 atom stereocenters. The number of nitrogens with one attached hydrogen (secondary N) is 1. The lowest BCUT2D eigenvalue weighted by Crippen LogP contribution is -2.53. The number of rotatable bonds is 10. The Labute approximate surface area is 256 Å². The van der Waals surface area contributed by atoms with Crippen molar-refractivity contribution in [1.82, 2.24) is 10.2 Å². The molecule has 0 unspecified atom stereocenters. The highest BCUT2D eigenvalue weighted by molar-refractivity contribution is 7.92. The summed E-state index contributed by atoms with van der Waals surface area (Å²) in [6, 6.07) is 18.3. The number of amides is 2. The fraction of sp³-hybridized carbons (Fsp3) is 0.333. The minimum atomic E-state index is -4.22. The number of sulfonamides is 1. The van der Waals surface area contributed by atoms with Gasteiger partial charge >= 0.3 is 0 Å². The summed E-state index contributed by atoms with van der Waals surface area (Å²) in [6.45, 7) is 1.13. The molecule has 4 rings (SSSR count). The molecule has 11 heteroatoms. The molecular weight excluding hydrogens is 605 g/mol. The Morgan fingerprint density at radius 2 is 1.54 bits per heavy atom. The third-order valence-corrected chi connectivity index (χ3v) is 9.74. The van der Waals surface area contributed by atoms with Crippen molar-refractivity contribution in [2.45, 2.75) is 62.6 Å². The molecule has 0 aliphatic heterocycles. The quantitative estimate of drug-likeness (QED) is 0.268. The molecule has 0 saturated heterocycles. The lowest BCUT2D eigenvalue weighted by molar-refractivity contribution is -0.139. The summed E-state index contributed by atoms with van der Waals surface area (Å²) in [5.74, 6) is -0.863. The number of halogens is 3. The predicted molar refractivity (Wildman–Crippen MR) is 164 cm³/mol. The van der Waals surface area contributed by atoms with Crippen LogP contribution in [0.15, 0.2) is 77.7 Å². The smallest absolute Gasteiger partial charge is 0.264 e. The van der Waals surface area contributed by atoms with Crippen LogP contribution >= 0.6 is 34.8 Å². The molecule has 218 valence electrons. The first-order valence-electron chi connectivity index (χ1n) is 13.4. The number of carbonyl (C=O) groups is 2. The lowest BCUT2D eigenvalue weighted by atomic mass is 9.95. The summed E-state index contributed by atoms with van der Waals surface area (Å²) in [4.78, 5) is 28.8. The van der Waals surface area contributed by atoms with Crippen LogP contribution in [-0.2, 0) is 26.2 Å². The number of benzene rings is 3. The first-order valence-corrected chi connectivity index (χ1v) is 16.0. The van der Waals surface area contributed by atoms with Gasteiger partial charge in [-0.15, -0.1) is 0 Å². The van der Waals surface area contributed by atoms with Gasteiger partial charge in [-0.2, -0.15) is 0 Å². The molecule has 1 fully saturated rings. The number of carbonyl (C=O) groups excluding carboxylic acids is 2. The van der Waals surface area contributed by atoms with Crippen LogP contribution in [0.4, 0.5) is 5.69 Å². The molecule has 3 aromatic rings. The van der Waals surface area contributed by atoms with E-state index < -0.39 is 28.5 Å². The molecule has 7 nitrogen and oxygen atoms in total. The van der Waals surface area contributed by atoms with Gasteiger partial charge in [0.25, 0.3) is 10.0 Å². The van der Waals surface area contributed by atoms with Crippen molar-refractivity contribution in [1.29, 1.82) is 0 Å².